The Hall–Kier alpha value is -3.83. The lowest BCUT2D eigenvalue weighted by atomic mass is 10.1. The van der Waals surface area contributed by atoms with Crippen molar-refractivity contribution in [1.82, 2.24) is 0 Å². The van der Waals surface area contributed by atoms with Gasteiger partial charge in [0.2, 0.25) is 0 Å². The van der Waals surface area contributed by atoms with E-state index in [-0.39, 0.29) is 0 Å². The zero-order chi connectivity index (χ0) is 19.2. The molecule has 1 aromatic heterocycles. The lowest BCUT2D eigenvalue weighted by molar-refractivity contribution is 0.415. The van der Waals surface area contributed by atoms with E-state index in [9.17, 15) is 0 Å². The van der Waals surface area contributed by atoms with Gasteiger partial charge in [-0.05, 0) is 48.5 Å². The van der Waals surface area contributed by atoms with Gasteiger partial charge in [-0.25, -0.2) is 4.42 Å². The predicted molar refractivity (Wildman–Crippen MR) is 113 cm³/mol. The van der Waals surface area contributed by atoms with E-state index in [2.05, 4.69) is 11.8 Å². The number of hydrogen-bond acceptors (Lipinski definition) is 1. The molecule has 0 aliphatic heterocycles. The van der Waals surface area contributed by atoms with Crippen molar-refractivity contribution in [2.24, 2.45) is 0 Å². The van der Waals surface area contributed by atoms with Crippen LogP contribution in [-0.4, -0.2) is 7.11 Å². The topological polar surface area (TPSA) is 20.5 Å². The molecule has 3 aromatic carbocycles. The van der Waals surface area contributed by atoms with Gasteiger partial charge in [0.1, 0.15) is 5.75 Å². The van der Waals surface area contributed by atoms with E-state index in [1.807, 2.05) is 97.1 Å². The van der Waals surface area contributed by atoms with Crippen LogP contribution in [0.1, 0.15) is 11.1 Å². The van der Waals surface area contributed by atoms with Gasteiger partial charge in [-0.15, -0.1) is 0 Å². The molecule has 0 saturated heterocycles. The highest BCUT2D eigenvalue weighted by molar-refractivity contribution is 5.66. The van der Waals surface area contributed by atoms with Gasteiger partial charge in [-0.3, -0.25) is 0 Å². The molecule has 0 aliphatic carbocycles. The molecule has 0 N–H and O–H groups in total. The van der Waals surface area contributed by atoms with Crippen molar-refractivity contribution in [3.05, 3.63) is 108 Å². The maximum absolute atomic E-state index is 6.21. The van der Waals surface area contributed by atoms with E-state index in [4.69, 9.17) is 9.15 Å². The van der Waals surface area contributed by atoms with Crippen LogP contribution in [0.4, 0.5) is 0 Å². The fourth-order valence-electron chi connectivity index (χ4n) is 2.88. The van der Waals surface area contributed by atoms with Gasteiger partial charge in [-0.2, -0.15) is 0 Å². The molecule has 1 heterocycles. The Bertz CT molecular complexity index is 1120. The molecule has 2 heteroatoms. The first-order valence-corrected chi connectivity index (χ1v) is 9.07. The Morgan fingerprint density at radius 3 is 1.75 bits per heavy atom. The van der Waals surface area contributed by atoms with E-state index >= 15 is 0 Å². The lowest BCUT2D eigenvalue weighted by Crippen LogP contribution is -1.87. The Kier molecular flexibility index (Phi) is 5.17. The summed E-state index contributed by atoms with van der Waals surface area (Å²) in [4.78, 5) is 0. The molecule has 2 nitrogen and oxygen atoms in total. The van der Waals surface area contributed by atoms with Crippen molar-refractivity contribution < 1.29 is 9.15 Å². The molecular formula is C26H19O2+. The summed E-state index contributed by atoms with van der Waals surface area (Å²) in [5.74, 6) is 8.85. The second-order valence-corrected chi connectivity index (χ2v) is 6.29. The van der Waals surface area contributed by atoms with Crippen LogP contribution in [0.25, 0.3) is 22.6 Å². The second kappa shape index (κ2) is 8.24. The van der Waals surface area contributed by atoms with E-state index < -0.39 is 0 Å². The van der Waals surface area contributed by atoms with Gasteiger partial charge >= 0.3 is 11.5 Å². The zero-order valence-electron chi connectivity index (χ0n) is 15.6. The fourth-order valence-corrected chi connectivity index (χ4v) is 2.88. The predicted octanol–water partition coefficient (Wildman–Crippen LogP) is 6.30. The molecule has 4 aromatic rings. The van der Waals surface area contributed by atoms with E-state index in [1.165, 1.54) is 0 Å². The fraction of sp³-hybridized carbons (Fsp3) is 0.0385. The first-order valence-electron chi connectivity index (χ1n) is 9.07. The standard InChI is InChI=1S/C26H19O2/c1-27-24-16-14-23(15-17-24)26-19-21(13-12-20-8-4-2-5-9-20)18-25(28-26)22-10-6-3-7-11-22/h2-11,14-19H,1H3/q+1. The SMILES string of the molecule is COc1ccc(-c2cc(C#Cc3ccccc3)cc(-c3ccccc3)[o+]2)cc1. The Morgan fingerprint density at radius 2 is 1.14 bits per heavy atom. The van der Waals surface area contributed by atoms with Crippen LogP contribution in [0.3, 0.4) is 0 Å². The minimum absolute atomic E-state index is 0.765. The van der Waals surface area contributed by atoms with Gasteiger partial charge in [0, 0.05) is 11.1 Å². The zero-order valence-corrected chi connectivity index (χ0v) is 15.6. The summed E-state index contributed by atoms with van der Waals surface area (Å²) in [7, 11) is 1.66. The molecule has 0 bridgehead atoms. The molecule has 0 fully saturated rings. The number of rotatable bonds is 3. The molecule has 0 radical (unpaired) electrons. The summed E-state index contributed by atoms with van der Waals surface area (Å²) in [5, 5.41) is 0. The van der Waals surface area contributed by atoms with Gasteiger partial charge in [-0.1, -0.05) is 48.2 Å². The maximum atomic E-state index is 6.21. The number of ether oxygens (including phenoxy) is 1. The number of methoxy groups -OCH3 is 1. The number of benzene rings is 3. The molecule has 0 unspecified atom stereocenters. The van der Waals surface area contributed by atoms with Crippen LogP contribution < -0.4 is 4.74 Å². The van der Waals surface area contributed by atoms with Gasteiger partial charge in [0.25, 0.3) is 0 Å². The minimum Gasteiger partial charge on any atom is -0.497 e. The van der Waals surface area contributed by atoms with Crippen molar-refractivity contribution in [2.45, 2.75) is 0 Å². The molecule has 0 amide bonds. The summed E-state index contributed by atoms with van der Waals surface area (Å²) in [5.41, 5.74) is 3.87. The van der Waals surface area contributed by atoms with E-state index in [0.717, 1.165) is 39.5 Å². The third kappa shape index (κ3) is 4.11. The van der Waals surface area contributed by atoms with E-state index in [1.54, 1.807) is 7.11 Å². The average molecular weight is 363 g/mol. The van der Waals surface area contributed by atoms with Crippen molar-refractivity contribution in [2.75, 3.05) is 7.11 Å². The molecule has 4 rings (SSSR count). The largest absolute Gasteiger partial charge is 0.497 e. The minimum atomic E-state index is 0.765. The summed E-state index contributed by atoms with van der Waals surface area (Å²) >= 11 is 0. The molecule has 0 spiro atoms. The van der Waals surface area contributed by atoms with Gasteiger partial charge in [0.15, 0.2) is 0 Å². The monoisotopic (exact) mass is 363 g/mol. The van der Waals surface area contributed by atoms with Gasteiger partial charge < -0.3 is 4.74 Å². The van der Waals surface area contributed by atoms with E-state index in [0.29, 0.717) is 0 Å². The van der Waals surface area contributed by atoms with Gasteiger partial charge in [0.05, 0.1) is 30.4 Å². The summed E-state index contributed by atoms with van der Waals surface area (Å²) in [6.07, 6.45) is 0. The Labute approximate surface area is 165 Å². The smallest absolute Gasteiger partial charge is 0.362 e. The highest BCUT2D eigenvalue weighted by Gasteiger charge is 2.19. The molecule has 134 valence electrons. The summed E-state index contributed by atoms with van der Waals surface area (Å²) in [6.45, 7) is 0. The van der Waals surface area contributed by atoms with Crippen LogP contribution >= 0.6 is 0 Å². The normalized spacial score (nSPS) is 10.0. The third-order valence-electron chi connectivity index (χ3n) is 4.35. The highest BCUT2D eigenvalue weighted by atomic mass is 16.5. The first-order chi connectivity index (χ1) is 13.8. The molecular weight excluding hydrogens is 344 g/mol. The van der Waals surface area contributed by atoms with Crippen LogP contribution in [0, 0.1) is 11.8 Å². The quantitative estimate of drug-likeness (QED) is 0.314. The van der Waals surface area contributed by atoms with Crippen LogP contribution in [0.5, 0.6) is 5.75 Å². The van der Waals surface area contributed by atoms with Crippen molar-refractivity contribution in [1.29, 1.82) is 0 Å². The van der Waals surface area contributed by atoms with Crippen molar-refractivity contribution in [3.8, 4) is 40.2 Å². The summed E-state index contributed by atoms with van der Waals surface area (Å²) in [6, 6.07) is 31.8. The van der Waals surface area contributed by atoms with Crippen LogP contribution in [0.15, 0.2) is 101 Å². The molecule has 0 aliphatic rings. The lowest BCUT2D eigenvalue weighted by Gasteiger charge is -2.00. The second-order valence-electron chi connectivity index (χ2n) is 6.29. The van der Waals surface area contributed by atoms with Crippen molar-refractivity contribution >= 4 is 0 Å². The summed E-state index contributed by atoms with van der Waals surface area (Å²) < 4.78 is 11.5. The third-order valence-corrected chi connectivity index (χ3v) is 4.35. The Morgan fingerprint density at radius 1 is 0.607 bits per heavy atom. The molecule has 0 atom stereocenters. The highest BCUT2D eigenvalue weighted by Crippen LogP contribution is 2.29. The Balaban J connectivity index is 1.80. The molecule has 28 heavy (non-hydrogen) atoms. The first kappa shape index (κ1) is 17.6. The van der Waals surface area contributed by atoms with Crippen LogP contribution in [0.2, 0.25) is 0 Å². The average Bonchev–Trinajstić information content (AvgIpc) is 2.79. The number of hydrogen-bond donors (Lipinski definition) is 0. The molecule has 0 saturated carbocycles. The van der Waals surface area contributed by atoms with Crippen LogP contribution in [-0.2, 0) is 0 Å². The maximum Gasteiger partial charge on any atom is 0.362 e. The van der Waals surface area contributed by atoms with Crippen molar-refractivity contribution in [3.63, 3.8) is 0 Å².